The lowest BCUT2D eigenvalue weighted by molar-refractivity contribution is -0.137. The largest absolute Gasteiger partial charge is 0.497 e. The van der Waals surface area contributed by atoms with Gasteiger partial charge in [0.1, 0.15) is 11.6 Å². The first-order valence-corrected chi connectivity index (χ1v) is 35.0. The first-order valence-electron chi connectivity index (χ1n) is 31.2. The summed E-state index contributed by atoms with van der Waals surface area (Å²) in [5.74, 6) is 3.89. The number of alkyl halides is 3. The van der Waals surface area contributed by atoms with E-state index in [0.29, 0.717) is 77.7 Å². The molecule has 0 radical (unpaired) electrons. The molecule has 3 nitrogen and oxygen atoms in total. The number of halogens is 14. The summed E-state index contributed by atoms with van der Waals surface area (Å²) in [6.07, 6.45) is -4.32. The summed E-state index contributed by atoms with van der Waals surface area (Å²) < 4.78 is 55.0. The molecule has 0 saturated carbocycles. The molecule has 0 heterocycles. The van der Waals surface area contributed by atoms with Gasteiger partial charge in [-0.25, -0.2) is 4.39 Å². The summed E-state index contributed by atoms with van der Waals surface area (Å²) in [4.78, 5) is 0. The monoisotopic (exact) mass is 1500 g/mol. The van der Waals surface area contributed by atoms with Gasteiger partial charge >= 0.3 is 6.18 Å². The number of rotatable bonds is 11. The molecule has 0 amide bonds. The highest BCUT2D eigenvalue weighted by molar-refractivity contribution is 6.42. The Labute approximate surface area is 615 Å². The van der Waals surface area contributed by atoms with Gasteiger partial charge in [0, 0.05) is 40.7 Å². The smallest absolute Gasteiger partial charge is 0.416 e. The van der Waals surface area contributed by atoms with E-state index in [1.807, 2.05) is 126 Å². The summed E-state index contributed by atoms with van der Waals surface area (Å²) in [5.41, 5.74) is 12.0. The third kappa shape index (κ3) is 33.2. The van der Waals surface area contributed by atoms with E-state index < -0.39 is 11.7 Å². The van der Waals surface area contributed by atoms with Crippen molar-refractivity contribution in [3.63, 3.8) is 0 Å². The first kappa shape index (κ1) is 89.1. The molecule has 8 aromatic carbocycles. The number of ether oxygens (including phenoxy) is 1. The zero-order chi connectivity index (χ0) is 72.9. The standard InChI is InChI=1S/C10H12Cl2O.C10H10ClF3.2C10H13ClO.2C10H13Cl.C9H10Cl2.C9H10ClF/c1-6(2)7-3-9(11)8(5-13)10(12)4-7;1-6(2)7-3-8(10(12,13)14)5-9(11)4-7;1-7(2)8-4-9(11)6-10(5-8)12-3;1-7(2)8-3-4-9(6-12)10(11)5-8;1-7(2)9-4-5-10(11)8(3)6-9;1-7(2)9-5-4-8(3)10(11)6-9;2*1-6(2)7-3-4-8(10)9(11)5-7/h3-4,6,13H,5H2,1-2H3;3-6H,1-2H3;4-7H,1-3H3;3-5,7,12H,6H2,1-2H3;2*4-7H,1-3H3;2*3-6H,1-2H3. The molecule has 0 aliphatic rings. The van der Waals surface area contributed by atoms with Crippen LogP contribution in [0.3, 0.4) is 0 Å². The quantitative estimate of drug-likeness (QED) is 0.127. The highest BCUT2D eigenvalue weighted by atomic mass is 35.5. The zero-order valence-corrected chi connectivity index (χ0v) is 65.5. The third-order valence-electron chi connectivity index (χ3n) is 14.5. The maximum absolute atomic E-state index is 12.8. The van der Waals surface area contributed by atoms with E-state index >= 15 is 0 Å². The Kier molecular flexibility index (Phi) is 41.5. The van der Waals surface area contributed by atoms with Gasteiger partial charge in [0.15, 0.2) is 0 Å². The molecule has 0 bridgehead atoms. The van der Waals surface area contributed by atoms with E-state index in [4.69, 9.17) is 131 Å². The van der Waals surface area contributed by atoms with Gasteiger partial charge in [-0.1, -0.05) is 275 Å². The van der Waals surface area contributed by atoms with E-state index in [-0.39, 0.29) is 35.0 Å². The zero-order valence-electron chi connectivity index (χ0n) is 57.9. The Bertz CT molecular complexity index is 3360. The van der Waals surface area contributed by atoms with Crippen molar-refractivity contribution in [1.82, 2.24) is 0 Å². The van der Waals surface area contributed by atoms with Gasteiger partial charge in [0.25, 0.3) is 0 Å². The Morgan fingerprint density at radius 1 is 0.337 bits per heavy atom. The lowest BCUT2D eigenvalue weighted by Crippen LogP contribution is -2.05. The van der Waals surface area contributed by atoms with Crippen LogP contribution in [0.5, 0.6) is 5.75 Å². The predicted octanol–water partition coefficient (Wildman–Crippen LogP) is 29.8. The molecule has 0 unspecified atom stereocenters. The fraction of sp³-hybridized carbons (Fsp3) is 0.385. The van der Waals surface area contributed by atoms with Gasteiger partial charge in [0.2, 0.25) is 0 Å². The summed E-state index contributed by atoms with van der Waals surface area (Å²) in [5, 5.41) is 23.6. The first-order chi connectivity index (χ1) is 44.1. The van der Waals surface area contributed by atoms with Crippen molar-refractivity contribution in [1.29, 1.82) is 0 Å². The Hall–Kier alpha value is -3.90. The number of methoxy groups -OCH3 is 1. The van der Waals surface area contributed by atoms with Crippen molar-refractivity contribution in [2.45, 2.75) is 191 Å². The van der Waals surface area contributed by atoms with Crippen LogP contribution in [0.2, 0.25) is 50.2 Å². The number of aliphatic hydroxyl groups is 2. The topological polar surface area (TPSA) is 49.7 Å². The molecular weight excluding hydrogens is 1420 g/mol. The Morgan fingerprint density at radius 2 is 0.695 bits per heavy atom. The minimum atomic E-state index is -4.32. The maximum Gasteiger partial charge on any atom is 0.416 e. The summed E-state index contributed by atoms with van der Waals surface area (Å²) in [7, 11) is 1.65. The van der Waals surface area contributed by atoms with Crippen LogP contribution in [-0.2, 0) is 19.4 Å². The van der Waals surface area contributed by atoms with Crippen molar-refractivity contribution < 1.29 is 32.5 Å². The van der Waals surface area contributed by atoms with E-state index in [1.165, 1.54) is 33.9 Å². The second-order valence-corrected chi connectivity index (χ2v) is 29.1. The fourth-order valence-corrected chi connectivity index (χ4v) is 10.1. The molecule has 0 atom stereocenters. The molecule has 8 aromatic rings. The predicted molar refractivity (Wildman–Crippen MR) is 407 cm³/mol. The van der Waals surface area contributed by atoms with Gasteiger partial charge in [-0.3, -0.25) is 0 Å². The molecule has 0 aliphatic carbocycles. The van der Waals surface area contributed by atoms with Crippen LogP contribution in [0, 0.1) is 19.7 Å². The highest BCUT2D eigenvalue weighted by Crippen LogP contribution is 2.35. The second-order valence-electron chi connectivity index (χ2n) is 24.9. The number of hydrogen-bond acceptors (Lipinski definition) is 3. The van der Waals surface area contributed by atoms with Gasteiger partial charge in [-0.05, 0) is 213 Å². The summed E-state index contributed by atoms with van der Waals surface area (Å²) >= 11 is 58.2. The molecule has 0 fully saturated rings. The van der Waals surface area contributed by atoms with E-state index in [1.54, 1.807) is 19.2 Å². The van der Waals surface area contributed by atoms with E-state index in [0.717, 1.165) is 60.8 Å². The molecule has 0 spiro atoms. The number of aliphatic hydroxyl groups excluding tert-OH is 2. The molecule has 0 aliphatic heterocycles. The average molecular weight is 1510 g/mol. The Balaban J connectivity index is 0.000000544. The van der Waals surface area contributed by atoms with Crippen molar-refractivity contribution in [3.05, 3.63) is 268 Å². The molecular formula is C78H94Cl10F4O3. The highest BCUT2D eigenvalue weighted by Gasteiger charge is 2.31. The van der Waals surface area contributed by atoms with Gasteiger partial charge < -0.3 is 14.9 Å². The molecule has 2 N–H and O–H groups in total. The van der Waals surface area contributed by atoms with Crippen molar-refractivity contribution >= 4 is 116 Å². The van der Waals surface area contributed by atoms with Crippen molar-refractivity contribution in [3.8, 4) is 5.75 Å². The van der Waals surface area contributed by atoms with Crippen LogP contribution in [-0.4, -0.2) is 17.3 Å². The maximum atomic E-state index is 12.8. The molecule has 8 rings (SSSR count). The lowest BCUT2D eigenvalue weighted by Gasteiger charge is -2.11. The minimum Gasteiger partial charge on any atom is -0.497 e. The van der Waals surface area contributed by atoms with Gasteiger partial charge in [-0.2, -0.15) is 13.2 Å². The van der Waals surface area contributed by atoms with E-state index in [2.05, 4.69) is 107 Å². The van der Waals surface area contributed by atoms with E-state index in [9.17, 15) is 17.6 Å². The lowest BCUT2D eigenvalue weighted by atomic mass is 10.0. The summed E-state index contributed by atoms with van der Waals surface area (Å²) in [6.45, 7) is 37.2. The SMILES string of the molecule is CC(C)c1cc(Cl)c(CO)c(Cl)c1.CC(C)c1cc(Cl)cc(C(F)(F)F)c1.CC(C)c1ccc(CO)c(Cl)c1.CC(C)c1ccc(Cl)c(Cl)c1.CC(C)c1ccc(Cl)c(F)c1.COc1cc(Cl)cc(C(C)C)c1.Cc1cc(C(C)C)ccc1Cl.Cc1ccc(C(C)C)cc1Cl. The van der Waals surface area contributed by atoms with Crippen LogP contribution in [0.1, 0.15) is 230 Å². The number of benzene rings is 8. The van der Waals surface area contributed by atoms with Crippen LogP contribution in [0.4, 0.5) is 17.6 Å². The van der Waals surface area contributed by atoms with Gasteiger partial charge in [0.05, 0.1) is 41.0 Å². The van der Waals surface area contributed by atoms with Crippen molar-refractivity contribution in [2.75, 3.05) is 7.11 Å². The summed E-state index contributed by atoms with van der Waals surface area (Å²) in [6, 6.07) is 42.0. The van der Waals surface area contributed by atoms with Crippen LogP contribution >= 0.6 is 116 Å². The molecule has 522 valence electrons. The number of hydrogen-bond donors (Lipinski definition) is 2. The molecule has 95 heavy (non-hydrogen) atoms. The minimum absolute atomic E-state index is 0.0111. The third-order valence-corrected chi connectivity index (χ3v) is 17.9. The van der Waals surface area contributed by atoms with Crippen LogP contribution in [0.15, 0.2) is 140 Å². The average Bonchev–Trinajstić information content (AvgIpc) is 1.05. The van der Waals surface area contributed by atoms with Crippen molar-refractivity contribution in [2.24, 2.45) is 0 Å². The molecule has 0 saturated heterocycles. The van der Waals surface area contributed by atoms with Crippen LogP contribution in [0.25, 0.3) is 0 Å². The Morgan fingerprint density at radius 3 is 1.07 bits per heavy atom. The van der Waals surface area contributed by atoms with Crippen LogP contribution < -0.4 is 4.74 Å². The second kappa shape index (κ2) is 44.3. The molecule has 17 heteroatoms. The van der Waals surface area contributed by atoms with Gasteiger partial charge in [-0.15, -0.1) is 0 Å². The molecule has 0 aromatic heterocycles. The number of aryl methyl sites for hydroxylation is 2. The normalized spacial score (nSPS) is 10.9. The fourth-order valence-electron chi connectivity index (χ4n) is 8.04.